The molecule has 0 bridgehead atoms. The second-order valence-corrected chi connectivity index (χ2v) is 5.18. The van der Waals surface area contributed by atoms with Crippen LogP contribution in [-0.2, 0) is 4.79 Å². The lowest BCUT2D eigenvalue weighted by Crippen LogP contribution is -2.34. The van der Waals surface area contributed by atoms with Gasteiger partial charge in [-0.2, -0.15) is 0 Å². The minimum absolute atomic E-state index is 0.0649. The molecule has 1 rings (SSSR count). The molecule has 0 heterocycles. The number of likely N-dealkylation sites (N-methyl/N-ethyl adjacent to an activating group) is 1. The smallest absolute Gasteiger partial charge is 0.321 e. The summed E-state index contributed by atoms with van der Waals surface area (Å²) in [5, 5.41) is 2.83. The van der Waals surface area contributed by atoms with Crippen molar-refractivity contribution in [1.82, 2.24) is 9.80 Å². The van der Waals surface area contributed by atoms with Crippen molar-refractivity contribution >= 4 is 17.6 Å². The molecule has 0 unspecified atom stereocenters. The van der Waals surface area contributed by atoms with Crippen LogP contribution in [0.4, 0.5) is 10.5 Å². The predicted octanol–water partition coefficient (Wildman–Crippen LogP) is 2.34. The van der Waals surface area contributed by atoms with E-state index >= 15 is 0 Å². The third-order valence-corrected chi connectivity index (χ3v) is 3.28. The average molecular weight is 307 g/mol. The summed E-state index contributed by atoms with van der Waals surface area (Å²) in [6.45, 7) is 6.96. The van der Waals surface area contributed by atoms with Crippen LogP contribution in [0.1, 0.15) is 19.4 Å². The van der Waals surface area contributed by atoms with Gasteiger partial charge >= 0.3 is 6.03 Å². The number of nitrogens with zero attached hydrogens (tertiary/aromatic N) is 2. The fraction of sp³-hybridized carbons (Fsp3) is 0.500. The van der Waals surface area contributed by atoms with Gasteiger partial charge in [-0.3, -0.25) is 4.79 Å². The van der Waals surface area contributed by atoms with Crippen LogP contribution in [0.15, 0.2) is 18.2 Å². The highest BCUT2D eigenvalue weighted by Gasteiger charge is 2.14. The molecule has 0 aliphatic rings. The van der Waals surface area contributed by atoms with Crippen LogP contribution < -0.4 is 10.1 Å². The van der Waals surface area contributed by atoms with Gasteiger partial charge < -0.3 is 19.9 Å². The van der Waals surface area contributed by atoms with Crippen molar-refractivity contribution in [2.24, 2.45) is 0 Å². The number of nitrogens with one attached hydrogen (secondary N) is 1. The molecule has 0 saturated carbocycles. The van der Waals surface area contributed by atoms with Crippen molar-refractivity contribution < 1.29 is 14.3 Å². The van der Waals surface area contributed by atoms with Gasteiger partial charge in [0.25, 0.3) is 5.91 Å². The molecule has 6 heteroatoms. The van der Waals surface area contributed by atoms with Gasteiger partial charge in [-0.05, 0) is 38.5 Å². The van der Waals surface area contributed by atoms with Gasteiger partial charge in [0.2, 0.25) is 0 Å². The predicted molar refractivity (Wildman–Crippen MR) is 87.3 cm³/mol. The van der Waals surface area contributed by atoms with Crippen LogP contribution in [0, 0.1) is 6.92 Å². The molecule has 122 valence electrons. The molecule has 0 aliphatic heterocycles. The highest BCUT2D eigenvalue weighted by molar-refractivity contribution is 5.91. The molecule has 0 aliphatic carbocycles. The number of aryl methyl sites for hydroxylation is 1. The first-order valence-electron chi connectivity index (χ1n) is 7.38. The number of ether oxygens (including phenoxy) is 1. The van der Waals surface area contributed by atoms with Crippen LogP contribution in [0.2, 0.25) is 0 Å². The molecule has 0 fully saturated rings. The normalized spacial score (nSPS) is 10.0. The quantitative estimate of drug-likeness (QED) is 0.877. The maximum absolute atomic E-state index is 12.1. The lowest BCUT2D eigenvalue weighted by molar-refractivity contribution is -0.130. The van der Waals surface area contributed by atoms with E-state index in [1.807, 2.05) is 26.8 Å². The van der Waals surface area contributed by atoms with Gasteiger partial charge in [0, 0.05) is 27.2 Å². The van der Waals surface area contributed by atoms with Gasteiger partial charge in [-0.15, -0.1) is 0 Å². The summed E-state index contributed by atoms with van der Waals surface area (Å²) in [5.74, 6) is 0.359. The molecule has 1 N–H and O–H groups in total. The Morgan fingerprint density at radius 2 is 1.82 bits per heavy atom. The highest BCUT2D eigenvalue weighted by atomic mass is 16.5. The van der Waals surface area contributed by atoms with E-state index in [-0.39, 0.29) is 18.5 Å². The number of rotatable bonds is 6. The molecule has 0 atom stereocenters. The topological polar surface area (TPSA) is 61.9 Å². The maximum Gasteiger partial charge on any atom is 0.321 e. The molecular formula is C16H25N3O3. The summed E-state index contributed by atoms with van der Waals surface area (Å²) in [4.78, 5) is 26.9. The van der Waals surface area contributed by atoms with Crippen molar-refractivity contribution in [3.63, 3.8) is 0 Å². The van der Waals surface area contributed by atoms with Gasteiger partial charge in [0.05, 0.1) is 5.69 Å². The highest BCUT2D eigenvalue weighted by Crippen LogP contribution is 2.26. The minimum atomic E-state index is -0.183. The van der Waals surface area contributed by atoms with Crippen molar-refractivity contribution in [2.45, 2.75) is 20.8 Å². The second-order valence-electron chi connectivity index (χ2n) is 5.18. The van der Waals surface area contributed by atoms with E-state index < -0.39 is 0 Å². The largest absolute Gasteiger partial charge is 0.482 e. The third-order valence-electron chi connectivity index (χ3n) is 3.28. The van der Waals surface area contributed by atoms with Crippen LogP contribution in [0.25, 0.3) is 0 Å². The van der Waals surface area contributed by atoms with Gasteiger partial charge in [-0.1, -0.05) is 6.07 Å². The molecular weight excluding hydrogens is 282 g/mol. The Labute approximate surface area is 132 Å². The Kier molecular flexibility index (Phi) is 6.69. The summed E-state index contributed by atoms with van der Waals surface area (Å²) in [7, 11) is 3.34. The Morgan fingerprint density at radius 1 is 1.18 bits per heavy atom. The number of anilines is 1. The van der Waals surface area contributed by atoms with Crippen LogP contribution in [-0.4, -0.2) is 55.5 Å². The fourth-order valence-electron chi connectivity index (χ4n) is 1.83. The van der Waals surface area contributed by atoms with Gasteiger partial charge in [-0.25, -0.2) is 4.79 Å². The monoisotopic (exact) mass is 307 g/mol. The van der Waals surface area contributed by atoms with E-state index in [9.17, 15) is 9.59 Å². The van der Waals surface area contributed by atoms with Crippen molar-refractivity contribution in [3.8, 4) is 5.75 Å². The summed E-state index contributed by atoms with van der Waals surface area (Å²) >= 11 is 0. The second kappa shape index (κ2) is 8.26. The molecule has 0 aromatic heterocycles. The standard InChI is InChI=1S/C16H25N3O3/c1-6-19(7-2)16(21)17-13-9-8-12(3)10-14(13)22-11-15(20)18(4)5/h8-10H,6-7,11H2,1-5H3,(H,17,21). The molecule has 0 saturated heterocycles. The molecule has 0 radical (unpaired) electrons. The number of benzene rings is 1. The SMILES string of the molecule is CCN(CC)C(=O)Nc1ccc(C)cc1OCC(=O)N(C)C. The zero-order valence-electron chi connectivity index (χ0n) is 14.0. The fourth-order valence-corrected chi connectivity index (χ4v) is 1.83. The van der Waals surface area contributed by atoms with E-state index in [2.05, 4.69) is 5.32 Å². The Hall–Kier alpha value is -2.24. The number of carbonyl (C=O) groups excluding carboxylic acids is 2. The Morgan fingerprint density at radius 3 is 2.36 bits per heavy atom. The van der Waals surface area contributed by atoms with Crippen LogP contribution in [0.3, 0.4) is 0 Å². The Balaban J connectivity index is 2.86. The maximum atomic E-state index is 12.1. The van der Waals surface area contributed by atoms with E-state index in [1.165, 1.54) is 4.90 Å². The number of carbonyl (C=O) groups is 2. The molecule has 22 heavy (non-hydrogen) atoms. The number of amides is 3. The summed E-state index contributed by atoms with van der Waals surface area (Å²) in [5.41, 5.74) is 1.56. The lowest BCUT2D eigenvalue weighted by atomic mass is 10.2. The van der Waals surface area contributed by atoms with E-state index in [0.717, 1.165) is 5.56 Å². The zero-order valence-corrected chi connectivity index (χ0v) is 14.0. The van der Waals surface area contributed by atoms with Crippen molar-refractivity contribution in [1.29, 1.82) is 0 Å². The van der Waals surface area contributed by atoms with Crippen LogP contribution in [0.5, 0.6) is 5.75 Å². The average Bonchev–Trinajstić information content (AvgIpc) is 2.48. The first-order chi connectivity index (χ1) is 10.4. The summed E-state index contributed by atoms with van der Waals surface area (Å²) in [6.07, 6.45) is 0. The number of hydrogen-bond acceptors (Lipinski definition) is 3. The third kappa shape index (κ3) is 4.95. The van der Waals surface area contributed by atoms with E-state index in [4.69, 9.17) is 4.74 Å². The Bertz CT molecular complexity index is 525. The summed E-state index contributed by atoms with van der Waals surface area (Å²) < 4.78 is 5.56. The molecule has 0 spiro atoms. The van der Waals surface area contributed by atoms with Crippen molar-refractivity contribution in [2.75, 3.05) is 39.1 Å². The first-order valence-corrected chi connectivity index (χ1v) is 7.38. The number of hydrogen-bond donors (Lipinski definition) is 1. The van der Waals surface area contributed by atoms with Gasteiger partial charge in [0.15, 0.2) is 6.61 Å². The zero-order chi connectivity index (χ0) is 16.7. The van der Waals surface area contributed by atoms with Gasteiger partial charge in [0.1, 0.15) is 5.75 Å². The van der Waals surface area contributed by atoms with Crippen molar-refractivity contribution in [3.05, 3.63) is 23.8 Å². The minimum Gasteiger partial charge on any atom is -0.482 e. The molecule has 6 nitrogen and oxygen atoms in total. The summed E-state index contributed by atoms with van der Waals surface area (Å²) in [6, 6.07) is 5.29. The molecule has 1 aromatic rings. The van der Waals surface area contributed by atoms with E-state index in [1.54, 1.807) is 31.1 Å². The molecule has 3 amide bonds. The number of urea groups is 1. The lowest BCUT2D eigenvalue weighted by Gasteiger charge is -2.21. The first kappa shape index (κ1) is 17.8. The van der Waals surface area contributed by atoms with E-state index in [0.29, 0.717) is 24.5 Å². The molecule has 1 aromatic carbocycles. The van der Waals surface area contributed by atoms with Crippen LogP contribution >= 0.6 is 0 Å².